The largest absolute Gasteiger partial charge is 0.365 e. The van der Waals surface area contributed by atoms with Gasteiger partial charge in [-0.2, -0.15) is 4.31 Å². The zero-order chi connectivity index (χ0) is 34.5. The van der Waals surface area contributed by atoms with Gasteiger partial charge in [0.05, 0.1) is 9.82 Å². The SMILES string of the molecule is CCCC[C@@H](CC)CN(C[C@@H](CC)CCCC)c1ccc(S(=O)(=O)N(C[C@H](CC)CCCC)C[C@H](CC)CCCC)cc1[N+](=O)[O-]. The van der Waals surface area contributed by atoms with Crippen molar-refractivity contribution in [1.29, 1.82) is 0 Å². The standard InChI is InChI=1S/C38H71N3O4S/c1-9-17-21-32(13-5)28-39(29-33(14-6)22-18-10-2)37-26-25-36(27-38(37)41(42)43)46(44,45)40(30-34(15-7)23-19-11-3)31-35(16-8)24-20-12-4/h25-27,32-35H,9-24,28-31H2,1-8H3/t32-,33+,34-,35-/m1/s1. The van der Waals surface area contributed by atoms with Crippen molar-refractivity contribution in [1.82, 2.24) is 4.31 Å². The fourth-order valence-corrected chi connectivity index (χ4v) is 8.25. The summed E-state index contributed by atoms with van der Waals surface area (Å²) in [7, 11) is -3.93. The molecule has 0 N–H and O–H groups in total. The van der Waals surface area contributed by atoms with E-state index in [9.17, 15) is 18.5 Å². The monoisotopic (exact) mass is 666 g/mol. The van der Waals surface area contributed by atoms with Gasteiger partial charge in [-0.15, -0.1) is 0 Å². The van der Waals surface area contributed by atoms with Crippen molar-refractivity contribution in [3.63, 3.8) is 0 Å². The van der Waals surface area contributed by atoms with Gasteiger partial charge >= 0.3 is 0 Å². The average molecular weight is 666 g/mol. The van der Waals surface area contributed by atoms with E-state index in [0.717, 1.165) is 116 Å². The van der Waals surface area contributed by atoms with Crippen LogP contribution in [0.25, 0.3) is 0 Å². The Balaban J connectivity index is 3.66. The molecule has 0 saturated carbocycles. The van der Waals surface area contributed by atoms with Gasteiger partial charge < -0.3 is 4.90 Å². The van der Waals surface area contributed by atoms with Crippen LogP contribution in [0.15, 0.2) is 23.1 Å². The van der Waals surface area contributed by atoms with E-state index in [-0.39, 0.29) is 27.3 Å². The van der Waals surface area contributed by atoms with Gasteiger partial charge in [0.1, 0.15) is 5.69 Å². The number of nitro groups is 1. The second kappa shape index (κ2) is 23.6. The third kappa shape index (κ3) is 14.2. The first-order valence-electron chi connectivity index (χ1n) is 19.1. The van der Waals surface area contributed by atoms with E-state index in [0.29, 0.717) is 30.6 Å². The molecule has 0 spiro atoms. The second-order valence-corrected chi connectivity index (χ2v) is 15.7. The van der Waals surface area contributed by atoms with E-state index in [1.54, 1.807) is 16.4 Å². The first-order chi connectivity index (χ1) is 22.1. The van der Waals surface area contributed by atoms with E-state index < -0.39 is 10.0 Å². The fraction of sp³-hybridized carbons (Fsp3) is 0.842. The van der Waals surface area contributed by atoms with Crippen molar-refractivity contribution >= 4 is 21.4 Å². The van der Waals surface area contributed by atoms with Gasteiger partial charge in [0.15, 0.2) is 0 Å². The van der Waals surface area contributed by atoms with Crippen LogP contribution in [0.4, 0.5) is 11.4 Å². The van der Waals surface area contributed by atoms with Crippen LogP contribution in [0.5, 0.6) is 0 Å². The van der Waals surface area contributed by atoms with Crippen LogP contribution in [-0.4, -0.2) is 43.8 Å². The van der Waals surface area contributed by atoms with Gasteiger partial charge in [0, 0.05) is 32.2 Å². The molecule has 0 fully saturated rings. The Labute approximate surface area is 284 Å². The summed E-state index contributed by atoms with van der Waals surface area (Å²) in [5.74, 6) is 1.41. The van der Waals surface area contributed by atoms with Crippen LogP contribution in [-0.2, 0) is 10.0 Å². The van der Waals surface area contributed by atoms with Crippen molar-refractivity contribution < 1.29 is 13.3 Å². The van der Waals surface area contributed by atoms with Gasteiger partial charge in [-0.05, 0) is 61.5 Å². The zero-order valence-corrected chi connectivity index (χ0v) is 31.9. The quantitative estimate of drug-likeness (QED) is 0.0657. The Bertz CT molecular complexity index is 1030. The average Bonchev–Trinajstić information content (AvgIpc) is 3.06. The van der Waals surface area contributed by atoms with E-state index >= 15 is 0 Å². The molecule has 0 aliphatic heterocycles. The van der Waals surface area contributed by atoms with Gasteiger partial charge in [-0.3, -0.25) is 10.1 Å². The van der Waals surface area contributed by atoms with Gasteiger partial charge in [-0.25, -0.2) is 8.42 Å². The van der Waals surface area contributed by atoms with E-state index in [4.69, 9.17) is 0 Å². The molecule has 7 nitrogen and oxygen atoms in total. The Morgan fingerprint density at radius 2 is 1.00 bits per heavy atom. The number of hydrogen-bond donors (Lipinski definition) is 0. The third-order valence-electron chi connectivity index (χ3n) is 10.2. The maximum absolute atomic E-state index is 14.4. The Morgan fingerprint density at radius 3 is 1.33 bits per heavy atom. The summed E-state index contributed by atoms with van der Waals surface area (Å²) in [6.45, 7) is 19.9. The summed E-state index contributed by atoms with van der Waals surface area (Å²) < 4.78 is 30.5. The van der Waals surface area contributed by atoms with Crippen molar-refractivity contribution in [2.24, 2.45) is 23.7 Å². The Morgan fingerprint density at radius 1 is 0.630 bits per heavy atom. The minimum Gasteiger partial charge on any atom is -0.365 e. The molecule has 1 aromatic carbocycles. The molecule has 4 atom stereocenters. The number of unbranched alkanes of at least 4 members (excludes halogenated alkanes) is 4. The molecule has 8 heteroatoms. The Hall–Kier alpha value is -1.67. The summed E-state index contributed by atoms with van der Waals surface area (Å²) in [6, 6.07) is 4.76. The topological polar surface area (TPSA) is 83.8 Å². The smallest absolute Gasteiger partial charge is 0.293 e. The fourth-order valence-electron chi connectivity index (χ4n) is 6.64. The summed E-state index contributed by atoms with van der Waals surface area (Å²) in [5, 5.41) is 12.7. The number of nitrogens with zero attached hydrogens (tertiary/aromatic N) is 3. The minimum atomic E-state index is -3.93. The summed E-state index contributed by atoms with van der Waals surface area (Å²) >= 11 is 0. The van der Waals surface area contributed by atoms with Gasteiger partial charge in [-0.1, -0.05) is 132 Å². The lowest BCUT2D eigenvalue weighted by molar-refractivity contribution is -0.384. The predicted molar refractivity (Wildman–Crippen MR) is 197 cm³/mol. The third-order valence-corrected chi connectivity index (χ3v) is 12.0. The van der Waals surface area contributed by atoms with Crippen LogP contribution < -0.4 is 4.90 Å². The molecule has 1 rings (SSSR count). The first kappa shape index (κ1) is 42.4. The van der Waals surface area contributed by atoms with E-state index in [1.165, 1.54) is 6.07 Å². The number of sulfonamides is 1. The van der Waals surface area contributed by atoms with Crippen LogP contribution in [0, 0.1) is 33.8 Å². The van der Waals surface area contributed by atoms with Crippen molar-refractivity contribution in [2.75, 3.05) is 31.1 Å². The highest BCUT2D eigenvalue weighted by Gasteiger charge is 2.32. The molecule has 0 heterocycles. The molecule has 0 radical (unpaired) electrons. The molecule has 46 heavy (non-hydrogen) atoms. The van der Waals surface area contributed by atoms with Crippen molar-refractivity contribution in [2.45, 2.75) is 163 Å². The number of nitro benzene ring substituents is 1. The molecule has 268 valence electrons. The molecule has 0 bridgehead atoms. The van der Waals surface area contributed by atoms with E-state index in [1.807, 2.05) is 0 Å². The lowest BCUT2D eigenvalue weighted by Gasteiger charge is -2.33. The summed E-state index contributed by atoms with van der Waals surface area (Å²) in [6.07, 6.45) is 16.9. The van der Waals surface area contributed by atoms with E-state index in [2.05, 4.69) is 60.3 Å². The van der Waals surface area contributed by atoms with Gasteiger partial charge in [0.2, 0.25) is 10.0 Å². The minimum absolute atomic E-state index is 0.0506. The maximum atomic E-state index is 14.4. The molecule has 0 saturated heterocycles. The number of benzene rings is 1. The zero-order valence-electron chi connectivity index (χ0n) is 31.1. The molecule has 0 aliphatic carbocycles. The van der Waals surface area contributed by atoms with Crippen LogP contribution in [0.3, 0.4) is 0 Å². The molecular weight excluding hydrogens is 595 g/mol. The summed E-state index contributed by atoms with van der Waals surface area (Å²) in [4.78, 5) is 14.6. The highest BCUT2D eigenvalue weighted by Crippen LogP contribution is 2.35. The van der Waals surface area contributed by atoms with Crippen LogP contribution in [0.2, 0.25) is 0 Å². The van der Waals surface area contributed by atoms with Crippen molar-refractivity contribution in [3.05, 3.63) is 28.3 Å². The highest BCUT2D eigenvalue weighted by atomic mass is 32.2. The molecule has 0 unspecified atom stereocenters. The maximum Gasteiger partial charge on any atom is 0.293 e. The molecular formula is C38H71N3O4S. The van der Waals surface area contributed by atoms with Gasteiger partial charge in [0.25, 0.3) is 5.69 Å². The van der Waals surface area contributed by atoms with Crippen LogP contribution in [0.1, 0.15) is 158 Å². The molecule has 0 aliphatic rings. The molecule has 0 amide bonds. The lowest BCUT2D eigenvalue weighted by Crippen LogP contribution is -2.39. The lowest BCUT2D eigenvalue weighted by atomic mass is 9.95. The number of rotatable bonds is 28. The second-order valence-electron chi connectivity index (χ2n) is 13.8. The van der Waals surface area contributed by atoms with Crippen molar-refractivity contribution in [3.8, 4) is 0 Å². The molecule has 1 aromatic rings. The predicted octanol–water partition coefficient (Wildman–Crippen LogP) is 11.3. The Kier molecular flexibility index (Phi) is 21.7. The normalized spacial score (nSPS) is 14.7. The number of hydrogen-bond acceptors (Lipinski definition) is 5. The van der Waals surface area contributed by atoms with Crippen LogP contribution >= 0.6 is 0 Å². The first-order valence-corrected chi connectivity index (χ1v) is 20.5. The molecule has 0 aromatic heterocycles. The highest BCUT2D eigenvalue weighted by molar-refractivity contribution is 7.89. The number of anilines is 1. The summed E-state index contributed by atoms with van der Waals surface area (Å²) in [5.41, 5.74) is 0.469.